The number of hydrogen-bond acceptors (Lipinski definition) is 3. The third kappa shape index (κ3) is 4.99. The molecule has 58 valence electrons. The number of aliphatic hydroxyl groups is 2. The molecule has 0 rings (SSSR count). The van der Waals surface area contributed by atoms with Crippen molar-refractivity contribution in [1.29, 1.82) is 0 Å². The predicted octanol–water partition coefficient (Wildman–Crippen LogP) is -0.249. The van der Waals surface area contributed by atoms with E-state index >= 15 is 0 Å². The molecule has 0 heterocycles. The summed E-state index contributed by atoms with van der Waals surface area (Å²) in [5.74, 6) is 2.32. The summed E-state index contributed by atoms with van der Waals surface area (Å²) in [4.78, 5) is 0. The summed E-state index contributed by atoms with van der Waals surface area (Å²) in [6.07, 6.45) is 4.14. The lowest BCUT2D eigenvalue weighted by Gasteiger charge is -2.08. The summed E-state index contributed by atoms with van der Waals surface area (Å²) >= 11 is 1.90. The largest absolute Gasteiger partial charge is 0.394 e. The van der Waals surface area contributed by atoms with Gasteiger partial charge >= 0.3 is 0 Å². The van der Waals surface area contributed by atoms with E-state index in [0.29, 0.717) is 0 Å². The van der Waals surface area contributed by atoms with Gasteiger partial charge in [0.2, 0.25) is 0 Å². The standard InChI is InChI=1S/C6H9IO3/c1-2-6(7)10-4-5(9)3-8/h1,5-6,8-9H,3-4H2. The smallest absolute Gasteiger partial charge is 0.169 e. The monoisotopic (exact) mass is 256 g/mol. The molecule has 0 bridgehead atoms. The molecule has 0 aliphatic rings. The molecule has 0 amide bonds. The minimum absolute atomic E-state index is 0.0777. The second-order valence-electron chi connectivity index (χ2n) is 1.65. The lowest BCUT2D eigenvalue weighted by molar-refractivity contribution is 0.0124. The van der Waals surface area contributed by atoms with Crippen LogP contribution in [0.3, 0.4) is 0 Å². The molecule has 0 aromatic heterocycles. The lowest BCUT2D eigenvalue weighted by Crippen LogP contribution is -2.21. The van der Waals surface area contributed by atoms with Gasteiger partial charge in [-0.15, -0.1) is 6.42 Å². The Hall–Kier alpha value is 0.170. The Kier molecular flexibility index (Phi) is 6.02. The molecule has 10 heavy (non-hydrogen) atoms. The molecule has 3 nitrogen and oxygen atoms in total. The summed E-state index contributed by atoms with van der Waals surface area (Å²) in [5.41, 5.74) is 0. The first-order chi connectivity index (χ1) is 4.70. The minimum Gasteiger partial charge on any atom is -0.394 e. The molecule has 4 heteroatoms. The quantitative estimate of drug-likeness (QED) is 0.414. The fourth-order valence-corrected chi connectivity index (χ4v) is 0.504. The second-order valence-corrected chi connectivity index (χ2v) is 2.78. The van der Waals surface area contributed by atoms with Crippen LogP contribution in [0.5, 0.6) is 0 Å². The summed E-state index contributed by atoms with van der Waals surface area (Å²) in [5, 5.41) is 17.1. The van der Waals surface area contributed by atoms with Gasteiger partial charge in [0.05, 0.1) is 13.2 Å². The SMILES string of the molecule is C#CC(I)OCC(O)CO. The summed E-state index contributed by atoms with van der Waals surface area (Å²) in [6.45, 7) is -0.220. The first kappa shape index (κ1) is 10.2. The molecule has 0 saturated carbocycles. The zero-order valence-corrected chi connectivity index (χ0v) is 7.48. The van der Waals surface area contributed by atoms with Crippen LogP contribution in [0.15, 0.2) is 0 Å². The van der Waals surface area contributed by atoms with Gasteiger partial charge in [-0.05, 0) is 22.6 Å². The molecule has 0 radical (unpaired) electrons. The van der Waals surface area contributed by atoms with Crippen LogP contribution in [-0.4, -0.2) is 33.6 Å². The van der Waals surface area contributed by atoms with Crippen molar-refractivity contribution in [2.45, 2.75) is 10.2 Å². The highest BCUT2D eigenvalue weighted by Crippen LogP contribution is 2.00. The number of alkyl halides is 1. The molecule has 0 aliphatic heterocycles. The molecular weight excluding hydrogens is 247 g/mol. The van der Waals surface area contributed by atoms with Gasteiger partial charge in [-0.1, -0.05) is 5.92 Å². The molecule has 0 aliphatic carbocycles. The van der Waals surface area contributed by atoms with Gasteiger partial charge < -0.3 is 14.9 Å². The van der Waals surface area contributed by atoms with E-state index in [4.69, 9.17) is 21.4 Å². The van der Waals surface area contributed by atoms with E-state index in [0.717, 1.165) is 0 Å². The fraction of sp³-hybridized carbons (Fsp3) is 0.667. The van der Waals surface area contributed by atoms with Crippen LogP contribution in [0.1, 0.15) is 0 Å². The number of hydrogen-bond donors (Lipinski definition) is 2. The van der Waals surface area contributed by atoms with Gasteiger partial charge in [0.25, 0.3) is 0 Å². The number of aliphatic hydroxyl groups excluding tert-OH is 2. The maximum absolute atomic E-state index is 8.76. The fourth-order valence-electron chi connectivity index (χ4n) is 0.296. The zero-order chi connectivity index (χ0) is 7.98. The second kappa shape index (κ2) is 5.92. The maximum Gasteiger partial charge on any atom is 0.169 e. The van der Waals surface area contributed by atoms with Crippen molar-refractivity contribution in [2.75, 3.05) is 13.2 Å². The average Bonchev–Trinajstić information content (AvgIpc) is 1.99. The highest BCUT2D eigenvalue weighted by Gasteiger charge is 2.04. The van der Waals surface area contributed by atoms with Gasteiger partial charge in [0.15, 0.2) is 4.11 Å². The van der Waals surface area contributed by atoms with Crippen molar-refractivity contribution in [2.24, 2.45) is 0 Å². The van der Waals surface area contributed by atoms with E-state index in [1.807, 2.05) is 22.6 Å². The molecule has 2 N–H and O–H groups in total. The number of ether oxygens (including phenoxy) is 1. The Morgan fingerprint density at radius 2 is 2.30 bits per heavy atom. The van der Waals surface area contributed by atoms with Gasteiger partial charge in [-0.2, -0.15) is 0 Å². The van der Waals surface area contributed by atoms with Crippen LogP contribution in [0.2, 0.25) is 0 Å². The highest BCUT2D eigenvalue weighted by molar-refractivity contribution is 14.1. The van der Waals surface area contributed by atoms with Crippen molar-refractivity contribution in [1.82, 2.24) is 0 Å². The predicted molar refractivity (Wildman–Crippen MR) is 45.7 cm³/mol. The van der Waals surface area contributed by atoms with Crippen LogP contribution in [0, 0.1) is 12.3 Å². The summed E-state index contributed by atoms with van der Waals surface area (Å²) < 4.78 is 4.55. The van der Waals surface area contributed by atoms with Crippen molar-refractivity contribution in [3.05, 3.63) is 0 Å². The van der Waals surface area contributed by atoms with Crippen LogP contribution in [-0.2, 0) is 4.74 Å². The van der Waals surface area contributed by atoms with Crippen LogP contribution >= 0.6 is 22.6 Å². The van der Waals surface area contributed by atoms with Crippen LogP contribution < -0.4 is 0 Å². The Morgan fingerprint density at radius 1 is 1.70 bits per heavy atom. The summed E-state index contributed by atoms with van der Waals surface area (Å²) in [6, 6.07) is 0. The van der Waals surface area contributed by atoms with Gasteiger partial charge in [0.1, 0.15) is 6.10 Å². The number of halogens is 1. The average molecular weight is 256 g/mol. The topological polar surface area (TPSA) is 49.7 Å². The number of terminal acetylenes is 1. The van der Waals surface area contributed by atoms with E-state index in [9.17, 15) is 0 Å². The number of rotatable bonds is 4. The van der Waals surface area contributed by atoms with Gasteiger partial charge in [-0.25, -0.2) is 0 Å². The van der Waals surface area contributed by atoms with E-state index in [-0.39, 0.29) is 17.3 Å². The van der Waals surface area contributed by atoms with E-state index in [1.165, 1.54) is 0 Å². The third-order valence-corrected chi connectivity index (χ3v) is 1.50. The normalized spacial score (nSPS) is 15.8. The molecule has 0 aromatic rings. The first-order valence-electron chi connectivity index (χ1n) is 2.71. The van der Waals surface area contributed by atoms with E-state index in [2.05, 4.69) is 5.92 Å². The van der Waals surface area contributed by atoms with Crippen molar-refractivity contribution in [3.8, 4) is 12.3 Å². The van der Waals surface area contributed by atoms with Crippen LogP contribution in [0.4, 0.5) is 0 Å². The Balaban J connectivity index is 3.28. The molecule has 0 saturated heterocycles. The molecular formula is C6H9IO3. The van der Waals surface area contributed by atoms with Gasteiger partial charge in [-0.3, -0.25) is 0 Å². The Morgan fingerprint density at radius 3 is 2.70 bits per heavy atom. The van der Waals surface area contributed by atoms with Crippen molar-refractivity contribution < 1.29 is 14.9 Å². The van der Waals surface area contributed by atoms with Crippen molar-refractivity contribution >= 4 is 22.6 Å². The highest BCUT2D eigenvalue weighted by atomic mass is 127. The van der Waals surface area contributed by atoms with E-state index in [1.54, 1.807) is 0 Å². The molecule has 0 aromatic carbocycles. The zero-order valence-electron chi connectivity index (χ0n) is 5.33. The maximum atomic E-state index is 8.76. The van der Waals surface area contributed by atoms with E-state index < -0.39 is 6.10 Å². The molecule has 0 fully saturated rings. The third-order valence-electron chi connectivity index (χ3n) is 0.777. The van der Waals surface area contributed by atoms with Gasteiger partial charge in [0, 0.05) is 0 Å². The Bertz CT molecular complexity index is 121. The van der Waals surface area contributed by atoms with Crippen LogP contribution in [0.25, 0.3) is 0 Å². The summed E-state index contributed by atoms with van der Waals surface area (Å²) in [7, 11) is 0. The molecule has 0 spiro atoms. The molecule has 2 atom stereocenters. The minimum atomic E-state index is -0.828. The molecule has 2 unspecified atom stereocenters. The Labute approximate surface area is 73.5 Å². The first-order valence-corrected chi connectivity index (χ1v) is 3.96. The van der Waals surface area contributed by atoms with Crippen molar-refractivity contribution in [3.63, 3.8) is 0 Å². The lowest BCUT2D eigenvalue weighted by atomic mass is 10.4.